The smallest absolute Gasteiger partial charge is 0.229 e. The molecule has 1 aliphatic carbocycles. The fourth-order valence-electron chi connectivity index (χ4n) is 6.05. The Hall–Kier alpha value is -3.83. The molecule has 6 heterocycles. The molecule has 4 aromatic rings. The number of pyridine rings is 2. The molecule has 3 aliphatic rings. The van der Waals surface area contributed by atoms with Gasteiger partial charge in [-0.15, -0.1) is 0 Å². The van der Waals surface area contributed by atoms with Crippen molar-refractivity contribution in [1.29, 1.82) is 0 Å². The zero-order valence-electron chi connectivity index (χ0n) is 22.8. The van der Waals surface area contributed by atoms with Gasteiger partial charge >= 0.3 is 0 Å². The van der Waals surface area contributed by atoms with Crippen molar-refractivity contribution < 1.29 is 4.39 Å². The third-order valence-electron chi connectivity index (χ3n) is 8.48. The quantitative estimate of drug-likeness (QED) is 0.377. The van der Waals surface area contributed by atoms with Gasteiger partial charge in [-0.05, 0) is 57.0 Å². The maximum Gasteiger partial charge on any atom is 0.229 e. The van der Waals surface area contributed by atoms with E-state index in [1.165, 1.54) is 25.9 Å². The van der Waals surface area contributed by atoms with Crippen molar-refractivity contribution in [1.82, 2.24) is 34.3 Å². The zero-order valence-corrected chi connectivity index (χ0v) is 22.8. The first-order chi connectivity index (χ1) is 19.5. The summed E-state index contributed by atoms with van der Waals surface area (Å²) in [7, 11) is 2.20. The van der Waals surface area contributed by atoms with Crippen molar-refractivity contribution >= 4 is 34.3 Å². The lowest BCUT2D eigenvalue weighted by atomic mass is 10.0. The second-order valence-electron chi connectivity index (χ2n) is 11.2. The van der Waals surface area contributed by atoms with Crippen LogP contribution in [0.1, 0.15) is 37.3 Å². The van der Waals surface area contributed by atoms with Crippen molar-refractivity contribution in [3.8, 4) is 5.82 Å². The van der Waals surface area contributed by atoms with Crippen LogP contribution in [0.15, 0.2) is 42.7 Å². The molecule has 2 aliphatic heterocycles. The molecule has 2 saturated heterocycles. The summed E-state index contributed by atoms with van der Waals surface area (Å²) >= 11 is 0. The number of rotatable bonds is 6. The molecule has 208 valence electrons. The number of nitrogens with two attached hydrogens (primary N) is 1. The molecule has 0 bridgehead atoms. The van der Waals surface area contributed by atoms with Crippen molar-refractivity contribution in [3.63, 3.8) is 0 Å². The molecule has 0 unspecified atom stereocenters. The molecule has 3 fully saturated rings. The predicted molar refractivity (Wildman–Crippen MR) is 155 cm³/mol. The van der Waals surface area contributed by atoms with E-state index in [1.807, 2.05) is 30.5 Å². The van der Waals surface area contributed by atoms with Gasteiger partial charge in [-0.1, -0.05) is 6.07 Å². The number of hydrogen-bond acceptors (Lipinski definition) is 9. The Bertz CT molecular complexity index is 1500. The highest BCUT2D eigenvalue weighted by Crippen LogP contribution is 2.45. The summed E-state index contributed by atoms with van der Waals surface area (Å²) in [4.78, 5) is 25.7. The molecule has 1 saturated carbocycles. The first-order valence-electron chi connectivity index (χ1n) is 14.2. The van der Waals surface area contributed by atoms with E-state index in [2.05, 4.69) is 37.0 Å². The number of piperazine rings is 1. The Kier molecular flexibility index (Phi) is 6.47. The molecule has 3 N–H and O–H groups in total. The van der Waals surface area contributed by atoms with Gasteiger partial charge in [0.1, 0.15) is 17.5 Å². The normalized spacial score (nSPS) is 19.4. The highest BCUT2D eigenvalue weighted by molar-refractivity contribution is 5.81. The van der Waals surface area contributed by atoms with Gasteiger partial charge in [0.15, 0.2) is 11.5 Å². The van der Waals surface area contributed by atoms with Gasteiger partial charge in [-0.2, -0.15) is 4.98 Å². The van der Waals surface area contributed by atoms with Crippen LogP contribution >= 0.6 is 0 Å². The second kappa shape index (κ2) is 10.3. The van der Waals surface area contributed by atoms with E-state index in [1.54, 1.807) is 16.8 Å². The van der Waals surface area contributed by atoms with Crippen LogP contribution in [0.3, 0.4) is 0 Å². The fraction of sp³-hybridized carbons (Fsp3) is 0.448. The van der Waals surface area contributed by atoms with E-state index < -0.39 is 0 Å². The van der Waals surface area contributed by atoms with Crippen molar-refractivity contribution in [3.05, 3.63) is 54.2 Å². The first-order valence-corrected chi connectivity index (χ1v) is 14.2. The van der Waals surface area contributed by atoms with Crippen LogP contribution in [-0.2, 0) is 0 Å². The number of anilines is 4. The monoisotopic (exact) mass is 542 g/mol. The molecule has 4 aromatic heterocycles. The maximum absolute atomic E-state index is 15.5. The van der Waals surface area contributed by atoms with E-state index in [9.17, 15) is 0 Å². The topological polar surface area (TPSA) is 104 Å². The van der Waals surface area contributed by atoms with Gasteiger partial charge in [0.2, 0.25) is 5.95 Å². The van der Waals surface area contributed by atoms with Gasteiger partial charge in [0, 0.05) is 57.4 Å². The van der Waals surface area contributed by atoms with Gasteiger partial charge < -0.3 is 20.9 Å². The molecule has 11 heteroatoms. The van der Waals surface area contributed by atoms with Gasteiger partial charge in [0.25, 0.3) is 0 Å². The number of halogens is 1. The number of nitrogens with zero attached hydrogens (tertiary/aromatic N) is 8. The zero-order chi connectivity index (χ0) is 27.2. The molecule has 0 amide bonds. The lowest BCUT2D eigenvalue weighted by Gasteiger charge is -2.42. The average molecular weight is 543 g/mol. The molecule has 7 rings (SSSR count). The molecule has 0 spiro atoms. The Balaban J connectivity index is 1.07. The van der Waals surface area contributed by atoms with Crippen molar-refractivity contribution in [2.24, 2.45) is 0 Å². The van der Waals surface area contributed by atoms with Crippen LogP contribution in [0, 0.1) is 5.82 Å². The SMILES string of the molecule is CN1CCN(C2CCN(c3ccc(Nc4ncc5c(F)c(C6CC6)n(-c6cccc(N)n6)c5n4)cn3)CC2)CC1. The summed E-state index contributed by atoms with van der Waals surface area (Å²) in [5.41, 5.74) is 7.81. The molecule has 40 heavy (non-hydrogen) atoms. The number of likely N-dealkylation sites (N-methyl/N-ethyl adjacent to an activating group) is 1. The summed E-state index contributed by atoms with van der Waals surface area (Å²) in [6, 6.07) is 10.1. The lowest BCUT2D eigenvalue weighted by molar-refractivity contribution is 0.0981. The summed E-state index contributed by atoms with van der Waals surface area (Å²) in [6.07, 6.45) is 7.57. The van der Waals surface area contributed by atoms with Crippen LogP contribution in [-0.4, -0.2) is 86.7 Å². The van der Waals surface area contributed by atoms with E-state index in [0.717, 1.165) is 50.5 Å². The van der Waals surface area contributed by atoms with E-state index >= 15 is 4.39 Å². The molecule has 10 nitrogen and oxygen atoms in total. The summed E-state index contributed by atoms with van der Waals surface area (Å²) < 4.78 is 17.3. The third kappa shape index (κ3) is 4.84. The minimum absolute atomic E-state index is 0.150. The van der Waals surface area contributed by atoms with Crippen LogP contribution < -0.4 is 16.0 Å². The van der Waals surface area contributed by atoms with Crippen LogP contribution in [0.2, 0.25) is 0 Å². The van der Waals surface area contributed by atoms with E-state index in [0.29, 0.717) is 40.4 Å². The van der Waals surface area contributed by atoms with Crippen molar-refractivity contribution in [2.45, 2.75) is 37.6 Å². The average Bonchev–Trinajstić information content (AvgIpc) is 3.77. The summed E-state index contributed by atoms with van der Waals surface area (Å²) in [5.74, 6) is 2.16. The molecular formula is C29H35FN10. The first kappa shape index (κ1) is 25.2. The minimum Gasteiger partial charge on any atom is -0.384 e. The van der Waals surface area contributed by atoms with Crippen LogP contribution in [0.4, 0.5) is 27.7 Å². The number of nitrogen functional groups attached to an aromatic ring is 1. The summed E-state index contributed by atoms with van der Waals surface area (Å²) in [5, 5.41) is 3.63. The van der Waals surface area contributed by atoms with Gasteiger partial charge in [0.05, 0.1) is 23.0 Å². The minimum atomic E-state index is -0.282. The molecule has 0 aromatic carbocycles. The highest BCUT2D eigenvalue weighted by atomic mass is 19.1. The number of nitrogens with one attached hydrogen (secondary N) is 1. The number of hydrogen-bond donors (Lipinski definition) is 2. The van der Waals surface area contributed by atoms with E-state index in [4.69, 9.17) is 15.7 Å². The number of piperidine rings is 1. The highest BCUT2D eigenvalue weighted by Gasteiger charge is 2.34. The Morgan fingerprint density at radius 1 is 0.875 bits per heavy atom. The molecule has 0 radical (unpaired) electrons. The Morgan fingerprint density at radius 3 is 2.38 bits per heavy atom. The van der Waals surface area contributed by atoms with Crippen molar-refractivity contribution in [2.75, 3.05) is 62.3 Å². The molecular weight excluding hydrogens is 507 g/mol. The second-order valence-corrected chi connectivity index (χ2v) is 11.2. The fourth-order valence-corrected chi connectivity index (χ4v) is 6.05. The van der Waals surface area contributed by atoms with Crippen LogP contribution in [0.25, 0.3) is 16.9 Å². The standard InChI is InChI=1S/C29H35FN10/c1-37-13-15-38(16-14-37)21-9-11-39(12-10-21)24-8-7-20(17-32-24)34-29-33-18-22-26(30)27(19-5-6-19)40(28(22)36-29)25-4-2-3-23(31)35-25/h2-4,7-8,17-19,21H,5-6,9-16H2,1H3,(H2,31,35)(H,33,34,36). The Morgan fingerprint density at radius 2 is 1.68 bits per heavy atom. The molecule has 0 atom stereocenters. The van der Waals surface area contributed by atoms with E-state index in [-0.39, 0.29) is 11.7 Å². The maximum atomic E-state index is 15.5. The number of fused-ring (bicyclic) bond motifs is 1. The largest absolute Gasteiger partial charge is 0.384 e. The third-order valence-corrected chi connectivity index (χ3v) is 8.48. The summed E-state index contributed by atoms with van der Waals surface area (Å²) in [6.45, 7) is 6.69. The van der Waals surface area contributed by atoms with Gasteiger partial charge in [-0.25, -0.2) is 19.3 Å². The van der Waals surface area contributed by atoms with Gasteiger partial charge in [-0.3, -0.25) is 9.47 Å². The number of aromatic nitrogens is 5. The Labute approximate surface area is 233 Å². The predicted octanol–water partition coefficient (Wildman–Crippen LogP) is 3.77. The lowest BCUT2D eigenvalue weighted by Crippen LogP contribution is -2.52. The van der Waals surface area contributed by atoms with Crippen LogP contribution in [0.5, 0.6) is 0 Å².